The van der Waals surface area contributed by atoms with Crippen LogP contribution < -0.4 is 10.6 Å². The van der Waals surface area contributed by atoms with E-state index in [9.17, 15) is 4.79 Å². The Kier molecular flexibility index (Phi) is 3.79. The van der Waals surface area contributed by atoms with Crippen molar-refractivity contribution in [1.82, 2.24) is 0 Å². The monoisotopic (exact) mass is 194 g/mol. The molecule has 0 aromatic heterocycles. The number of carbonyl (C=O) groups excluding carboxylic acids is 1. The summed E-state index contributed by atoms with van der Waals surface area (Å²) in [5.74, 6) is 0. The fourth-order valence-electron chi connectivity index (χ4n) is 1.08. The molecule has 0 saturated carbocycles. The van der Waals surface area contributed by atoms with Gasteiger partial charge in [-0.25, -0.2) is 4.79 Å². The van der Waals surface area contributed by atoms with Crippen LogP contribution in [0.3, 0.4) is 0 Å². The van der Waals surface area contributed by atoms with E-state index in [0.717, 1.165) is 17.9 Å². The molecule has 0 saturated heterocycles. The predicted octanol–water partition coefficient (Wildman–Crippen LogP) is 2.30. The number of benzene rings is 1. The lowest BCUT2D eigenvalue weighted by Crippen LogP contribution is -2.11. The number of carbonyl (C=O) groups is 1. The van der Waals surface area contributed by atoms with E-state index in [0.29, 0.717) is 0 Å². The van der Waals surface area contributed by atoms with Crippen molar-refractivity contribution in [2.45, 2.75) is 6.92 Å². The van der Waals surface area contributed by atoms with E-state index in [-0.39, 0.29) is 0 Å². The van der Waals surface area contributed by atoms with Crippen LogP contribution in [0.5, 0.6) is 0 Å². The summed E-state index contributed by atoms with van der Waals surface area (Å²) in [6.45, 7) is 2.86. The Hall–Kier alpha value is -1.71. The number of amides is 1. The van der Waals surface area contributed by atoms with Crippen LogP contribution in [0, 0.1) is 0 Å². The average molecular weight is 194 g/mol. The first-order chi connectivity index (χ1) is 6.76. The molecule has 0 heterocycles. The summed E-state index contributed by atoms with van der Waals surface area (Å²) in [6.07, 6.45) is -0.460. The van der Waals surface area contributed by atoms with E-state index in [1.54, 1.807) is 6.07 Å². The zero-order chi connectivity index (χ0) is 10.4. The number of anilines is 2. The van der Waals surface area contributed by atoms with E-state index >= 15 is 0 Å². The van der Waals surface area contributed by atoms with Gasteiger partial charge in [-0.1, -0.05) is 6.07 Å². The zero-order valence-electron chi connectivity index (χ0n) is 8.33. The van der Waals surface area contributed by atoms with Crippen LogP contribution in [-0.2, 0) is 4.74 Å². The van der Waals surface area contributed by atoms with Gasteiger partial charge in [-0.2, -0.15) is 0 Å². The summed E-state index contributed by atoms with van der Waals surface area (Å²) in [5.41, 5.74) is 1.69. The minimum absolute atomic E-state index is 0.460. The topological polar surface area (TPSA) is 50.4 Å². The molecule has 0 atom stereocenters. The van der Waals surface area contributed by atoms with Gasteiger partial charge in [-0.15, -0.1) is 0 Å². The van der Waals surface area contributed by atoms with Gasteiger partial charge in [-0.05, 0) is 25.1 Å². The predicted molar refractivity (Wildman–Crippen MR) is 56.6 cm³/mol. The molecular weight excluding hydrogens is 180 g/mol. The Balaban J connectivity index is 2.68. The summed E-state index contributed by atoms with van der Waals surface area (Å²) >= 11 is 0. The fourth-order valence-corrected chi connectivity index (χ4v) is 1.08. The third-order valence-electron chi connectivity index (χ3n) is 1.68. The molecule has 76 valence electrons. The van der Waals surface area contributed by atoms with E-state index in [4.69, 9.17) is 0 Å². The molecule has 0 aliphatic rings. The first-order valence-corrected chi connectivity index (χ1v) is 4.45. The Morgan fingerprint density at radius 2 is 2.14 bits per heavy atom. The standard InChI is InChI=1S/C10H14N2O2/c1-3-11-8-5-4-6-9(7-8)12-10(13)14-2/h4-7,11H,3H2,1-2H3,(H,12,13). The number of ether oxygens (including phenoxy) is 1. The minimum Gasteiger partial charge on any atom is -0.453 e. The van der Waals surface area contributed by atoms with Crippen molar-refractivity contribution in [2.75, 3.05) is 24.3 Å². The first kappa shape index (κ1) is 10.4. The first-order valence-electron chi connectivity index (χ1n) is 4.45. The Bertz CT molecular complexity index is 313. The van der Waals surface area contributed by atoms with Crippen LogP contribution >= 0.6 is 0 Å². The number of methoxy groups -OCH3 is 1. The highest BCUT2D eigenvalue weighted by Gasteiger charge is 2.00. The molecule has 4 heteroatoms. The Morgan fingerprint density at radius 1 is 1.43 bits per heavy atom. The van der Waals surface area contributed by atoms with E-state index < -0.39 is 6.09 Å². The second-order valence-corrected chi connectivity index (χ2v) is 2.73. The molecule has 0 fully saturated rings. The molecule has 0 bridgehead atoms. The van der Waals surface area contributed by atoms with Crippen LogP contribution in [0.25, 0.3) is 0 Å². The molecule has 0 radical (unpaired) electrons. The molecule has 0 aliphatic carbocycles. The number of nitrogens with one attached hydrogen (secondary N) is 2. The lowest BCUT2D eigenvalue weighted by atomic mass is 10.3. The van der Waals surface area contributed by atoms with Crippen LogP contribution in [-0.4, -0.2) is 19.7 Å². The molecule has 0 aliphatic heterocycles. The van der Waals surface area contributed by atoms with Gasteiger partial charge >= 0.3 is 6.09 Å². The highest BCUT2D eigenvalue weighted by Crippen LogP contribution is 2.14. The summed E-state index contributed by atoms with van der Waals surface area (Å²) in [6, 6.07) is 7.45. The minimum atomic E-state index is -0.460. The van der Waals surface area contributed by atoms with E-state index in [1.807, 2.05) is 25.1 Å². The molecule has 14 heavy (non-hydrogen) atoms. The Morgan fingerprint density at radius 3 is 2.79 bits per heavy atom. The summed E-state index contributed by atoms with van der Waals surface area (Å²) in [5, 5.41) is 5.74. The van der Waals surface area contributed by atoms with Gasteiger partial charge in [0.05, 0.1) is 7.11 Å². The second kappa shape index (κ2) is 5.11. The van der Waals surface area contributed by atoms with Gasteiger partial charge in [0.2, 0.25) is 0 Å². The molecule has 4 nitrogen and oxygen atoms in total. The van der Waals surface area contributed by atoms with Gasteiger partial charge in [0, 0.05) is 17.9 Å². The quantitative estimate of drug-likeness (QED) is 0.776. The summed E-state index contributed by atoms with van der Waals surface area (Å²) in [7, 11) is 1.34. The van der Waals surface area contributed by atoms with Crippen molar-refractivity contribution < 1.29 is 9.53 Å². The third kappa shape index (κ3) is 2.97. The van der Waals surface area contributed by atoms with Crippen LogP contribution in [0.1, 0.15) is 6.92 Å². The molecule has 2 N–H and O–H groups in total. The molecule has 1 rings (SSSR count). The maximum atomic E-state index is 10.9. The van der Waals surface area contributed by atoms with E-state index in [2.05, 4.69) is 15.4 Å². The molecule has 1 amide bonds. The number of hydrogen-bond donors (Lipinski definition) is 2. The average Bonchev–Trinajstić information content (AvgIpc) is 2.19. The van der Waals surface area contributed by atoms with E-state index in [1.165, 1.54) is 7.11 Å². The maximum Gasteiger partial charge on any atom is 0.411 e. The van der Waals surface area contributed by atoms with Gasteiger partial charge < -0.3 is 10.1 Å². The van der Waals surface area contributed by atoms with Gasteiger partial charge in [0.1, 0.15) is 0 Å². The van der Waals surface area contributed by atoms with Gasteiger partial charge in [0.25, 0.3) is 0 Å². The van der Waals surface area contributed by atoms with Crippen LogP contribution in [0.4, 0.5) is 16.2 Å². The van der Waals surface area contributed by atoms with Crippen molar-refractivity contribution in [3.8, 4) is 0 Å². The molecule has 1 aromatic carbocycles. The largest absolute Gasteiger partial charge is 0.453 e. The number of hydrogen-bond acceptors (Lipinski definition) is 3. The lowest BCUT2D eigenvalue weighted by molar-refractivity contribution is 0.187. The van der Waals surface area contributed by atoms with Gasteiger partial charge in [0.15, 0.2) is 0 Å². The lowest BCUT2D eigenvalue weighted by Gasteiger charge is -2.06. The summed E-state index contributed by atoms with van der Waals surface area (Å²) < 4.78 is 4.48. The van der Waals surface area contributed by atoms with Crippen LogP contribution in [0.2, 0.25) is 0 Å². The van der Waals surface area contributed by atoms with Crippen molar-refractivity contribution >= 4 is 17.5 Å². The molecule has 0 spiro atoms. The zero-order valence-corrected chi connectivity index (χ0v) is 8.33. The smallest absolute Gasteiger partial charge is 0.411 e. The Labute approximate surface area is 83.3 Å². The maximum absolute atomic E-state index is 10.9. The highest BCUT2D eigenvalue weighted by molar-refractivity contribution is 5.85. The van der Waals surface area contributed by atoms with Crippen LogP contribution in [0.15, 0.2) is 24.3 Å². The SMILES string of the molecule is CCNc1cccc(NC(=O)OC)c1. The van der Waals surface area contributed by atoms with Crippen molar-refractivity contribution in [2.24, 2.45) is 0 Å². The number of rotatable bonds is 3. The normalized spacial score (nSPS) is 9.29. The molecule has 1 aromatic rings. The van der Waals surface area contributed by atoms with Crippen molar-refractivity contribution in [3.63, 3.8) is 0 Å². The molecular formula is C10H14N2O2. The highest BCUT2D eigenvalue weighted by atomic mass is 16.5. The second-order valence-electron chi connectivity index (χ2n) is 2.73. The van der Waals surface area contributed by atoms with Crippen molar-refractivity contribution in [3.05, 3.63) is 24.3 Å². The van der Waals surface area contributed by atoms with Crippen molar-refractivity contribution in [1.29, 1.82) is 0 Å². The summed E-state index contributed by atoms with van der Waals surface area (Å²) in [4.78, 5) is 10.9. The van der Waals surface area contributed by atoms with Gasteiger partial charge in [-0.3, -0.25) is 5.32 Å². The molecule has 0 unspecified atom stereocenters. The third-order valence-corrected chi connectivity index (χ3v) is 1.68. The fraction of sp³-hybridized carbons (Fsp3) is 0.300.